The number of nitrogens with zero attached hydrogens (tertiary/aromatic N) is 1. The maximum atomic E-state index is 13.2. The molecule has 0 aliphatic carbocycles. The molecular formula is C23H26N2O3S. The van der Waals surface area contributed by atoms with Crippen molar-refractivity contribution in [1.29, 1.82) is 0 Å². The van der Waals surface area contributed by atoms with Crippen molar-refractivity contribution in [3.05, 3.63) is 53.1 Å². The number of hydrogen-bond acceptors (Lipinski definition) is 3. The number of aryl methyl sites for hydroxylation is 2. The molecule has 1 aliphatic rings. The molecule has 29 heavy (non-hydrogen) atoms. The maximum Gasteiger partial charge on any atom is 0.243 e. The van der Waals surface area contributed by atoms with Gasteiger partial charge in [0.15, 0.2) is 6.29 Å². The van der Waals surface area contributed by atoms with E-state index in [9.17, 15) is 13.2 Å². The lowest BCUT2D eigenvalue weighted by Crippen LogP contribution is -2.31. The molecule has 1 aromatic heterocycles. The Labute approximate surface area is 171 Å². The minimum Gasteiger partial charge on any atom is -0.354 e. The van der Waals surface area contributed by atoms with E-state index in [1.54, 1.807) is 22.5 Å². The summed E-state index contributed by atoms with van der Waals surface area (Å²) in [6.45, 7) is 5.20. The predicted octanol–water partition coefficient (Wildman–Crippen LogP) is 4.83. The first-order valence-electron chi connectivity index (χ1n) is 10.1. The van der Waals surface area contributed by atoms with Crippen LogP contribution in [0.5, 0.6) is 0 Å². The minimum absolute atomic E-state index is 0.251. The molecule has 2 aromatic carbocycles. The second kappa shape index (κ2) is 7.76. The topological polar surface area (TPSA) is 70.2 Å². The zero-order valence-corrected chi connectivity index (χ0v) is 17.7. The van der Waals surface area contributed by atoms with Crippen LogP contribution in [0.15, 0.2) is 41.3 Å². The van der Waals surface area contributed by atoms with Gasteiger partial charge in [-0.15, -0.1) is 0 Å². The zero-order chi connectivity index (χ0) is 20.6. The third-order valence-electron chi connectivity index (χ3n) is 5.93. The Balaban J connectivity index is 1.81. The summed E-state index contributed by atoms with van der Waals surface area (Å²) in [5, 5.41) is 0.643. The highest BCUT2D eigenvalue weighted by Crippen LogP contribution is 2.32. The van der Waals surface area contributed by atoms with Crippen LogP contribution in [0.25, 0.3) is 22.2 Å². The Morgan fingerprint density at radius 2 is 1.66 bits per heavy atom. The molecule has 1 fully saturated rings. The Hall–Kier alpha value is -2.44. The fourth-order valence-electron chi connectivity index (χ4n) is 4.03. The Bertz CT molecular complexity index is 1170. The van der Waals surface area contributed by atoms with Gasteiger partial charge < -0.3 is 4.98 Å². The number of fused-ring (bicyclic) bond motifs is 1. The smallest absolute Gasteiger partial charge is 0.243 e. The monoisotopic (exact) mass is 410 g/mol. The highest BCUT2D eigenvalue weighted by Gasteiger charge is 2.26. The van der Waals surface area contributed by atoms with Crippen molar-refractivity contribution in [2.24, 2.45) is 0 Å². The van der Waals surface area contributed by atoms with Crippen molar-refractivity contribution in [3.8, 4) is 11.3 Å². The summed E-state index contributed by atoms with van der Waals surface area (Å²) in [7, 11) is -3.57. The van der Waals surface area contributed by atoms with E-state index in [4.69, 9.17) is 0 Å². The van der Waals surface area contributed by atoms with Gasteiger partial charge in [0.05, 0.1) is 10.6 Å². The van der Waals surface area contributed by atoms with E-state index in [-0.39, 0.29) is 4.90 Å². The van der Waals surface area contributed by atoms with Crippen LogP contribution >= 0.6 is 0 Å². The van der Waals surface area contributed by atoms with E-state index in [1.807, 2.05) is 32.0 Å². The first-order chi connectivity index (χ1) is 13.9. The minimum atomic E-state index is -3.57. The summed E-state index contributed by atoms with van der Waals surface area (Å²) in [5.41, 5.74) is 5.22. The first kappa shape index (κ1) is 19.9. The van der Waals surface area contributed by atoms with Crippen molar-refractivity contribution < 1.29 is 13.2 Å². The maximum absolute atomic E-state index is 13.2. The number of rotatable bonds is 4. The largest absolute Gasteiger partial charge is 0.354 e. The number of sulfonamides is 1. The first-order valence-corrected chi connectivity index (χ1v) is 11.5. The molecule has 0 radical (unpaired) electrons. The Morgan fingerprint density at radius 1 is 0.931 bits per heavy atom. The molecule has 5 nitrogen and oxygen atoms in total. The molecule has 4 rings (SSSR count). The molecule has 3 aromatic rings. The van der Waals surface area contributed by atoms with Crippen LogP contribution in [0.4, 0.5) is 0 Å². The molecule has 0 spiro atoms. The molecule has 0 atom stereocenters. The van der Waals surface area contributed by atoms with Gasteiger partial charge in [0, 0.05) is 29.6 Å². The Kier molecular flexibility index (Phi) is 5.32. The van der Waals surface area contributed by atoms with Gasteiger partial charge in [-0.05, 0) is 67.6 Å². The summed E-state index contributed by atoms with van der Waals surface area (Å²) >= 11 is 0. The number of H-pyrrole nitrogens is 1. The molecule has 1 aliphatic heterocycles. The van der Waals surface area contributed by atoms with Crippen LogP contribution in [0.3, 0.4) is 0 Å². The molecule has 6 heteroatoms. The second-order valence-electron chi connectivity index (χ2n) is 7.86. The van der Waals surface area contributed by atoms with Gasteiger partial charge >= 0.3 is 0 Å². The molecule has 152 valence electrons. The van der Waals surface area contributed by atoms with E-state index >= 15 is 0 Å². The number of carbonyl (C=O) groups is 1. The van der Waals surface area contributed by atoms with Gasteiger partial charge in [-0.3, -0.25) is 4.79 Å². The highest BCUT2D eigenvalue weighted by molar-refractivity contribution is 7.89. The lowest BCUT2D eigenvalue weighted by atomic mass is 10.0. The third-order valence-corrected chi connectivity index (χ3v) is 7.82. The zero-order valence-electron chi connectivity index (χ0n) is 16.9. The third kappa shape index (κ3) is 3.63. The van der Waals surface area contributed by atoms with E-state index < -0.39 is 10.0 Å². The van der Waals surface area contributed by atoms with E-state index in [2.05, 4.69) is 4.98 Å². The van der Waals surface area contributed by atoms with Crippen LogP contribution in [0.1, 0.15) is 47.2 Å². The quantitative estimate of drug-likeness (QED) is 0.626. The number of nitrogens with one attached hydrogen (secondary N) is 1. The summed E-state index contributed by atoms with van der Waals surface area (Å²) in [5.74, 6) is 0. The van der Waals surface area contributed by atoms with Crippen molar-refractivity contribution in [1.82, 2.24) is 9.29 Å². The number of aromatic amines is 1. The van der Waals surface area contributed by atoms with Crippen LogP contribution < -0.4 is 0 Å². The van der Waals surface area contributed by atoms with Gasteiger partial charge in [0.25, 0.3) is 0 Å². The number of hydrogen-bond donors (Lipinski definition) is 1. The van der Waals surface area contributed by atoms with Gasteiger partial charge in [-0.25, -0.2) is 8.42 Å². The number of aldehydes is 1. The molecule has 0 bridgehead atoms. The normalized spacial score (nSPS) is 16.1. The fraction of sp³-hybridized carbons (Fsp3) is 0.348. The lowest BCUT2D eigenvalue weighted by Gasteiger charge is -2.20. The Morgan fingerprint density at radius 3 is 2.31 bits per heavy atom. The van der Waals surface area contributed by atoms with Crippen molar-refractivity contribution in [2.45, 2.75) is 44.4 Å². The molecule has 1 N–H and O–H groups in total. The summed E-state index contributed by atoms with van der Waals surface area (Å²) in [6.07, 6.45) is 4.73. The summed E-state index contributed by atoms with van der Waals surface area (Å²) in [6, 6.07) is 11.1. The standard InChI is InChI=1S/C23H26N2O3S/c1-16-7-8-18(13-17(16)2)23-21(15-26)20-14-19(9-10-22(20)24-23)29(27,28)25-11-5-3-4-6-12-25/h7-10,13-15,24H,3-6,11-12H2,1-2H3. The van der Waals surface area contributed by atoms with E-state index in [0.29, 0.717) is 24.0 Å². The van der Waals surface area contributed by atoms with Gasteiger partial charge in [0.1, 0.15) is 0 Å². The molecule has 0 saturated carbocycles. The van der Waals surface area contributed by atoms with Gasteiger partial charge in [-0.1, -0.05) is 25.0 Å². The molecular weight excluding hydrogens is 384 g/mol. The van der Waals surface area contributed by atoms with Crippen LogP contribution in [-0.2, 0) is 10.0 Å². The SMILES string of the molecule is Cc1ccc(-c2[nH]c3ccc(S(=O)(=O)N4CCCCCC4)cc3c2C=O)cc1C. The number of aromatic nitrogens is 1. The lowest BCUT2D eigenvalue weighted by molar-refractivity contribution is 0.112. The molecule has 0 amide bonds. The summed E-state index contributed by atoms with van der Waals surface area (Å²) < 4.78 is 27.9. The second-order valence-corrected chi connectivity index (χ2v) is 9.79. The van der Waals surface area contributed by atoms with Crippen molar-refractivity contribution in [3.63, 3.8) is 0 Å². The average Bonchev–Trinajstić information content (AvgIpc) is 2.87. The highest BCUT2D eigenvalue weighted by atomic mass is 32.2. The van der Waals surface area contributed by atoms with E-state index in [1.165, 1.54) is 5.56 Å². The number of benzene rings is 2. The van der Waals surface area contributed by atoms with Crippen molar-refractivity contribution >= 4 is 27.2 Å². The van der Waals surface area contributed by atoms with Crippen molar-refractivity contribution in [2.75, 3.05) is 13.1 Å². The summed E-state index contributed by atoms with van der Waals surface area (Å²) in [4.78, 5) is 15.5. The van der Waals surface area contributed by atoms with Crippen LogP contribution in [0, 0.1) is 13.8 Å². The van der Waals surface area contributed by atoms with E-state index in [0.717, 1.165) is 54.3 Å². The van der Waals surface area contributed by atoms with Crippen LogP contribution in [0.2, 0.25) is 0 Å². The predicted molar refractivity (Wildman–Crippen MR) is 116 cm³/mol. The van der Waals surface area contributed by atoms with Crippen LogP contribution in [-0.4, -0.2) is 37.1 Å². The van der Waals surface area contributed by atoms with Gasteiger partial charge in [-0.2, -0.15) is 4.31 Å². The number of carbonyl (C=O) groups excluding carboxylic acids is 1. The fourth-order valence-corrected chi connectivity index (χ4v) is 5.57. The van der Waals surface area contributed by atoms with Gasteiger partial charge in [0.2, 0.25) is 10.0 Å². The molecule has 1 saturated heterocycles. The average molecular weight is 411 g/mol. The molecule has 2 heterocycles. The molecule has 0 unspecified atom stereocenters.